The Balaban J connectivity index is 1.75. The van der Waals surface area contributed by atoms with Crippen molar-refractivity contribution in [3.63, 3.8) is 0 Å². The highest BCUT2D eigenvalue weighted by Crippen LogP contribution is 2.23. The molecular formula is C18H18N2O4. The number of esters is 1. The summed E-state index contributed by atoms with van der Waals surface area (Å²) in [5.41, 5.74) is 2.71. The number of fused-ring (bicyclic) bond motifs is 1. The number of aromatic nitrogens is 1. The third-order valence-electron chi connectivity index (χ3n) is 4.27. The first kappa shape index (κ1) is 16.0. The van der Waals surface area contributed by atoms with Crippen LogP contribution in [0.2, 0.25) is 0 Å². The Morgan fingerprint density at radius 2 is 1.67 bits per heavy atom. The zero-order valence-corrected chi connectivity index (χ0v) is 13.6. The molecule has 0 unspecified atom stereocenters. The molecule has 1 aliphatic heterocycles. The minimum Gasteiger partial charge on any atom is -0.468 e. The van der Waals surface area contributed by atoms with Crippen molar-refractivity contribution in [1.29, 1.82) is 0 Å². The molecule has 0 radical (unpaired) electrons. The highest BCUT2D eigenvalue weighted by Gasteiger charge is 2.34. The third kappa shape index (κ3) is 2.71. The first-order chi connectivity index (χ1) is 11.5. The predicted octanol–water partition coefficient (Wildman–Crippen LogP) is 1.81. The van der Waals surface area contributed by atoms with Crippen LogP contribution in [-0.2, 0) is 22.5 Å². The molecule has 3 rings (SSSR count). The average molecular weight is 326 g/mol. The van der Waals surface area contributed by atoms with Gasteiger partial charge in [0.15, 0.2) is 0 Å². The summed E-state index contributed by atoms with van der Waals surface area (Å²) < 4.78 is 6.55. The third-order valence-corrected chi connectivity index (χ3v) is 4.27. The van der Waals surface area contributed by atoms with Gasteiger partial charge >= 0.3 is 5.97 Å². The summed E-state index contributed by atoms with van der Waals surface area (Å²) in [4.78, 5) is 37.5. The van der Waals surface area contributed by atoms with Crippen molar-refractivity contribution in [3.8, 4) is 0 Å². The van der Waals surface area contributed by atoms with Gasteiger partial charge in [0.05, 0.1) is 18.2 Å². The number of hydrogen-bond donors (Lipinski definition) is 0. The topological polar surface area (TPSA) is 68.6 Å². The van der Waals surface area contributed by atoms with E-state index in [0.29, 0.717) is 17.5 Å². The molecule has 0 spiro atoms. The van der Waals surface area contributed by atoms with Crippen molar-refractivity contribution in [2.24, 2.45) is 0 Å². The van der Waals surface area contributed by atoms with Crippen molar-refractivity contribution in [1.82, 2.24) is 9.47 Å². The minimum atomic E-state index is -0.337. The Kier molecular flexibility index (Phi) is 4.20. The number of hydrogen-bond acceptors (Lipinski definition) is 4. The van der Waals surface area contributed by atoms with E-state index in [1.54, 1.807) is 24.3 Å². The maximum Gasteiger partial charge on any atom is 0.325 e. The monoisotopic (exact) mass is 326 g/mol. The standard InChI is InChI=1S/C18H18N2O4/c1-12-7-8-13(20(12)11-16(21)24-2)9-10-19-17(22)14-5-3-4-6-15(14)18(19)23/h3-8H,9-11H2,1-2H3. The zero-order chi connectivity index (χ0) is 17.3. The van der Waals surface area contributed by atoms with E-state index in [4.69, 9.17) is 4.74 Å². The zero-order valence-electron chi connectivity index (χ0n) is 13.6. The molecule has 1 aromatic heterocycles. The van der Waals surface area contributed by atoms with Crippen LogP contribution in [-0.4, -0.2) is 40.9 Å². The number of carbonyl (C=O) groups excluding carboxylic acids is 3. The van der Waals surface area contributed by atoms with Crippen molar-refractivity contribution in [2.75, 3.05) is 13.7 Å². The Morgan fingerprint density at radius 1 is 1.04 bits per heavy atom. The molecule has 124 valence electrons. The molecule has 2 aromatic rings. The lowest BCUT2D eigenvalue weighted by Crippen LogP contribution is -2.32. The first-order valence-corrected chi connectivity index (χ1v) is 7.70. The van der Waals surface area contributed by atoms with Crippen molar-refractivity contribution < 1.29 is 19.1 Å². The molecule has 0 bridgehead atoms. The SMILES string of the molecule is COC(=O)Cn1c(C)ccc1CCN1C(=O)c2ccccc2C1=O. The number of methoxy groups -OCH3 is 1. The highest BCUT2D eigenvalue weighted by atomic mass is 16.5. The van der Waals surface area contributed by atoms with Gasteiger partial charge in [-0.05, 0) is 31.2 Å². The van der Waals surface area contributed by atoms with Crippen LogP contribution in [0.15, 0.2) is 36.4 Å². The van der Waals surface area contributed by atoms with Crippen molar-refractivity contribution in [3.05, 3.63) is 58.9 Å². The number of rotatable bonds is 5. The molecular weight excluding hydrogens is 308 g/mol. The minimum absolute atomic E-state index is 0.118. The summed E-state index contributed by atoms with van der Waals surface area (Å²) in [5, 5.41) is 0. The summed E-state index contributed by atoms with van der Waals surface area (Å²) in [6.45, 7) is 2.29. The van der Waals surface area contributed by atoms with E-state index >= 15 is 0 Å². The number of amides is 2. The number of benzene rings is 1. The van der Waals surface area contributed by atoms with Crippen LogP contribution in [0.3, 0.4) is 0 Å². The van der Waals surface area contributed by atoms with Crippen LogP contribution in [0.25, 0.3) is 0 Å². The maximum atomic E-state index is 12.4. The van der Waals surface area contributed by atoms with Gasteiger partial charge in [0.1, 0.15) is 6.54 Å². The van der Waals surface area contributed by atoms with E-state index in [9.17, 15) is 14.4 Å². The summed E-state index contributed by atoms with van der Waals surface area (Å²) >= 11 is 0. The van der Waals surface area contributed by atoms with E-state index < -0.39 is 0 Å². The van der Waals surface area contributed by atoms with Crippen LogP contribution in [0, 0.1) is 6.92 Å². The fraction of sp³-hybridized carbons (Fsp3) is 0.278. The molecule has 0 fully saturated rings. The maximum absolute atomic E-state index is 12.4. The fourth-order valence-electron chi connectivity index (χ4n) is 2.93. The molecule has 24 heavy (non-hydrogen) atoms. The van der Waals surface area contributed by atoms with Gasteiger partial charge < -0.3 is 9.30 Å². The lowest BCUT2D eigenvalue weighted by Gasteiger charge is -2.15. The molecule has 1 aliphatic rings. The van der Waals surface area contributed by atoms with E-state index in [-0.39, 0.29) is 30.9 Å². The van der Waals surface area contributed by atoms with E-state index in [2.05, 4.69) is 0 Å². The Hall–Kier alpha value is -2.89. The predicted molar refractivity (Wildman–Crippen MR) is 86.7 cm³/mol. The average Bonchev–Trinajstić information content (AvgIpc) is 3.05. The number of nitrogens with zero attached hydrogens (tertiary/aromatic N) is 2. The molecule has 2 heterocycles. The van der Waals surface area contributed by atoms with E-state index in [1.807, 2.05) is 23.6 Å². The van der Waals surface area contributed by atoms with Gasteiger partial charge in [0, 0.05) is 24.4 Å². The smallest absolute Gasteiger partial charge is 0.325 e. The van der Waals surface area contributed by atoms with Crippen LogP contribution in [0.4, 0.5) is 0 Å². The van der Waals surface area contributed by atoms with Crippen LogP contribution >= 0.6 is 0 Å². The second-order valence-corrected chi connectivity index (χ2v) is 5.69. The van der Waals surface area contributed by atoms with E-state index in [1.165, 1.54) is 12.0 Å². The number of aryl methyl sites for hydroxylation is 1. The molecule has 0 aliphatic carbocycles. The van der Waals surface area contributed by atoms with Crippen LogP contribution in [0.5, 0.6) is 0 Å². The van der Waals surface area contributed by atoms with Gasteiger partial charge in [-0.1, -0.05) is 12.1 Å². The number of ether oxygens (including phenoxy) is 1. The molecule has 0 saturated heterocycles. The molecule has 0 saturated carbocycles. The molecule has 6 heteroatoms. The molecule has 0 atom stereocenters. The van der Waals surface area contributed by atoms with Gasteiger partial charge in [-0.2, -0.15) is 0 Å². The normalized spacial score (nSPS) is 13.3. The Labute approximate surface area is 139 Å². The van der Waals surface area contributed by atoms with Gasteiger partial charge in [-0.25, -0.2) is 0 Å². The summed E-state index contributed by atoms with van der Waals surface area (Å²) in [7, 11) is 1.35. The van der Waals surface area contributed by atoms with Crippen molar-refractivity contribution in [2.45, 2.75) is 19.9 Å². The second kappa shape index (κ2) is 6.31. The fourth-order valence-corrected chi connectivity index (χ4v) is 2.93. The molecule has 6 nitrogen and oxygen atoms in total. The molecule has 2 amide bonds. The van der Waals surface area contributed by atoms with Gasteiger partial charge in [-0.3, -0.25) is 19.3 Å². The summed E-state index contributed by atoms with van der Waals surface area (Å²) in [6.07, 6.45) is 0.482. The molecule has 0 N–H and O–H groups in total. The summed E-state index contributed by atoms with van der Waals surface area (Å²) in [6, 6.07) is 10.6. The lowest BCUT2D eigenvalue weighted by atomic mass is 10.1. The highest BCUT2D eigenvalue weighted by molar-refractivity contribution is 6.21. The number of carbonyl (C=O) groups is 3. The summed E-state index contributed by atoms with van der Waals surface area (Å²) in [5.74, 6) is -0.868. The first-order valence-electron chi connectivity index (χ1n) is 7.70. The largest absolute Gasteiger partial charge is 0.468 e. The van der Waals surface area contributed by atoms with Crippen LogP contribution < -0.4 is 0 Å². The molecule has 1 aromatic carbocycles. The Bertz CT molecular complexity index is 787. The van der Waals surface area contributed by atoms with Crippen molar-refractivity contribution >= 4 is 17.8 Å². The quantitative estimate of drug-likeness (QED) is 0.621. The number of imide groups is 1. The second-order valence-electron chi connectivity index (χ2n) is 5.69. The van der Waals surface area contributed by atoms with Gasteiger partial charge in [0.25, 0.3) is 11.8 Å². The van der Waals surface area contributed by atoms with Gasteiger partial charge in [0.2, 0.25) is 0 Å². The van der Waals surface area contributed by atoms with E-state index in [0.717, 1.165) is 11.4 Å². The van der Waals surface area contributed by atoms with Crippen LogP contribution in [0.1, 0.15) is 32.1 Å². The van der Waals surface area contributed by atoms with Gasteiger partial charge in [-0.15, -0.1) is 0 Å². The lowest BCUT2D eigenvalue weighted by molar-refractivity contribution is -0.141. The Morgan fingerprint density at radius 3 is 2.25 bits per heavy atom.